The summed E-state index contributed by atoms with van der Waals surface area (Å²) in [5, 5.41) is 7.24. The average Bonchev–Trinajstić information content (AvgIpc) is 3.54. The van der Waals surface area contributed by atoms with Crippen LogP contribution in [-0.2, 0) is 0 Å². The molecule has 0 aliphatic carbocycles. The topological polar surface area (TPSA) is 67.2 Å². The van der Waals surface area contributed by atoms with E-state index < -0.39 is 0 Å². The van der Waals surface area contributed by atoms with E-state index in [1.165, 1.54) is 11.3 Å². The maximum atomic E-state index is 13.3. The van der Waals surface area contributed by atoms with E-state index in [-0.39, 0.29) is 5.91 Å². The Hall–Kier alpha value is -3.01. The number of thiazole rings is 1. The molecule has 6 rings (SSSR count). The minimum Gasteiger partial charge on any atom is -0.344 e. The lowest BCUT2D eigenvalue weighted by Crippen LogP contribution is -2.48. The monoisotopic (exact) mass is 494 g/mol. The lowest BCUT2D eigenvalue weighted by molar-refractivity contribution is 0.0751. The van der Waals surface area contributed by atoms with Crippen molar-refractivity contribution >= 4 is 65.9 Å². The number of amides is 1. The highest BCUT2D eigenvalue weighted by molar-refractivity contribution is 7.21. The molecular formula is C23H19ClN6OS2. The minimum absolute atomic E-state index is 0.0620. The summed E-state index contributed by atoms with van der Waals surface area (Å²) in [6, 6.07) is 13.5. The molecule has 0 N–H and O–H groups in total. The summed E-state index contributed by atoms with van der Waals surface area (Å²) in [6.07, 6.45) is 1.79. The van der Waals surface area contributed by atoms with Crippen molar-refractivity contribution in [1.82, 2.24) is 24.6 Å². The molecule has 0 bridgehead atoms. The second kappa shape index (κ2) is 8.09. The van der Waals surface area contributed by atoms with E-state index in [2.05, 4.69) is 15.0 Å². The zero-order valence-corrected chi connectivity index (χ0v) is 20.1. The number of hydrogen-bond acceptors (Lipinski definition) is 7. The van der Waals surface area contributed by atoms with Gasteiger partial charge in [-0.3, -0.25) is 4.79 Å². The Balaban J connectivity index is 1.22. The number of halogens is 1. The zero-order chi connectivity index (χ0) is 22.5. The number of carbonyl (C=O) groups is 1. The molecule has 0 spiro atoms. The van der Waals surface area contributed by atoms with Gasteiger partial charge in [0.2, 0.25) is 0 Å². The zero-order valence-electron chi connectivity index (χ0n) is 17.7. The van der Waals surface area contributed by atoms with Gasteiger partial charge in [-0.05, 0) is 37.3 Å². The number of hydrogen-bond donors (Lipinski definition) is 0. The highest BCUT2D eigenvalue weighted by Gasteiger charge is 2.26. The molecular weight excluding hydrogens is 476 g/mol. The van der Waals surface area contributed by atoms with Crippen molar-refractivity contribution in [3.8, 4) is 5.69 Å². The first-order valence-corrected chi connectivity index (χ1v) is 12.6. The Morgan fingerprint density at radius 2 is 1.88 bits per heavy atom. The summed E-state index contributed by atoms with van der Waals surface area (Å²) in [4.78, 5) is 29.2. The fraction of sp³-hybridized carbons (Fsp3) is 0.217. The number of pyridine rings is 1. The van der Waals surface area contributed by atoms with Crippen molar-refractivity contribution in [3.63, 3.8) is 0 Å². The van der Waals surface area contributed by atoms with Crippen molar-refractivity contribution < 1.29 is 4.79 Å². The van der Waals surface area contributed by atoms with Crippen LogP contribution in [0.2, 0.25) is 5.02 Å². The number of para-hydroxylation sites is 1. The van der Waals surface area contributed by atoms with Gasteiger partial charge in [0.25, 0.3) is 5.91 Å². The van der Waals surface area contributed by atoms with Crippen LogP contribution in [0.1, 0.15) is 15.4 Å². The van der Waals surface area contributed by atoms with Gasteiger partial charge in [0.15, 0.2) is 5.13 Å². The number of rotatable bonds is 3. The molecule has 1 aliphatic rings. The third-order valence-corrected chi connectivity index (χ3v) is 8.29. The maximum Gasteiger partial charge on any atom is 0.264 e. The van der Waals surface area contributed by atoms with E-state index >= 15 is 0 Å². The van der Waals surface area contributed by atoms with Crippen LogP contribution >= 0.6 is 34.3 Å². The predicted octanol–water partition coefficient (Wildman–Crippen LogP) is 5.02. The lowest BCUT2D eigenvalue weighted by atomic mass is 10.2. The third-order valence-electron chi connectivity index (χ3n) is 5.83. The molecule has 1 aliphatic heterocycles. The van der Waals surface area contributed by atoms with Crippen LogP contribution in [0.4, 0.5) is 5.13 Å². The molecule has 0 radical (unpaired) electrons. The molecule has 166 valence electrons. The summed E-state index contributed by atoms with van der Waals surface area (Å²) < 4.78 is 1.84. The Morgan fingerprint density at radius 3 is 2.67 bits per heavy atom. The SMILES string of the molecule is Cc1nn(-c2ccccc2Cl)c2sc(C(=O)N3CCN(c4nc5cccnc5s4)CC3)cc12. The first-order chi connectivity index (χ1) is 16.1. The quantitative estimate of drug-likeness (QED) is 0.352. The van der Waals surface area contributed by atoms with Crippen LogP contribution in [-0.4, -0.2) is 56.7 Å². The molecule has 0 unspecified atom stereocenters. The number of nitrogens with zero attached hydrogens (tertiary/aromatic N) is 6. The van der Waals surface area contributed by atoms with E-state index in [1.54, 1.807) is 17.5 Å². The van der Waals surface area contributed by atoms with Gasteiger partial charge >= 0.3 is 0 Å². The van der Waals surface area contributed by atoms with Gasteiger partial charge in [0, 0.05) is 37.8 Å². The van der Waals surface area contributed by atoms with E-state index in [0.29, 0.717) is 18.1 Å². The number of piperazine rings is 1. The van der Waals surface area contributed by atoms with E-state index in [0.717, 1.165) is 55.0 Å². The summed E-state index contributed by atoms with van der Waals surface area (Å²) in [5.41, 5.74) is 2.62. The van der Waals surface area contributed by atoms with Crippen LogP contribution in [0.3, 0.4) is 0 Å². The number of benzene rings is 1. The van der Waals surface area contributed by atoms with Gasteiger partial charge in [-0.1, -0.05) is 35.1 Å². The van der Waals surface area contributed by atoms with E-state index in [4.69, 9.17) is 16.6 Å². The standard InChI is InChI=1S/C23H19ClN6OS2/c1-14-15-13-19(32-22(15)30(27-14)18-7-3-2-5-16(18)24)21(31)28-9-11-29(12-10-28)23-26-17-6-4-8-25-20(17)33-23/h2-8,13H,9-12H2,1H3. The van der Waals surface area contributed by atoms with Crippen molar-refractivity contribution in [1.29, 1.82) is 0 Å². The predicted molar refractivity (Wildman–Crippen MR) is 134 cm³/mol. The first kappa shape index (κ1) is 20.6. The van der Waals surface area contributed by atoms with Crippen LogP contribution in [0.15, 0.2) is 48.7 Å². The fourth-order valence-electron chi connectivity index (χ4n) is 4.09. The lowest BCUT2D eigenvalue weighted by Gasteiger charge is -2.34. The number of thiophene rings is 1. The number of fused-ring (bicyclic) bond motifs is 2. The number of anilines is 1. The minimum atomic E-state index is 0.0620. The summed E-state index contributed by atoms with van der Waals surface area (Å²) in [5.74, 6) is 0.0620. The van der Waals surface area contributed by atoms with Crippen LogP contribution in [0, 0.1) is 6.92 Å². The van der Waals surface area contributed by atoms with E-state index in [9.17, 15) is 4.79 Å². The summed E-state index contributed by atoms with van der Waals surface area (Å²) in [7, 11) is 0. The molecule has 0 atom stereocenters. The number of aryl methyl sites for hydroxylation is 1. The molecule has 1 aromatic carbocycles. The Labute approximate surface area is 202 Å². The maximum absolute atomic E-state index is 13.3. The summed E-state index contributed by atoms with van der Waals surface area (Å²) >= 11 is 9.47. The van der Waals surface area contributed by atoms with Crippen LogP contribution in [0.5, 0.6) is 0 Å². The molecule has 4 aromatic heterocycles. The van der Waals surface area contributed by atoms with Crippen molar-refractivity contribution in [3.05, 3.63) is 64.3 Å². The second-order valence-electron chi connectivity index (χ2n) is 7.88. The van der Waals surface area contributed by atoms with Crippen molar-refractivity contribution in [2.45, 2.75) is 6.92 Å². The average molecular weight is 495 g/mol. The normalized spacial score (nSPS) is 14.5. The van der Waals surface area contributed by atoms with Gasteiger partial charge in [0.05, 0.1) is 21.3 Å². The van der Waals surface area contributed by atoms with Gasteiger partial charge in [-0.25, -0.2) is 14.6 Å². The van der Waals surface area contributed by atoms with Gasteiger partial charge < -0.3 is 9.80 Å². The number of aromatic nitrogens is 4. The van der Waals surface area contributed by atoms with E-state index in [1.807, 2.05) is 59.0 Å². The smallest absolute Gasteiger partial charge is 0.264 e. The van der Waals surface area contributed by atoms with Crippen molar-refractivity contribution in [2.24, 2.45) is 0 Å². The van der Waals surface area contributed by atoms with Crippen LogP contribution in [0.25, 0.3) is 26.3 Å². The molecule has 1 fully saturated rings. The van der Waals surface area contributed by atoms with Gasteiger partial charge in [-0.2, -0.15) is 5.10 Å². The first-order valence-electron chi connectivity index (χ1n) is 10.6. The van der Waals surface area contributed by atoms with Crippen molar-refractivity contribution in [2.75, 3.05) is 31.1 Å². The molecule has 5 aromatic rings. The molecule has 0 saturated carbocycles. The third kappa shape index (κ3) is 3.56. The summed E-state index contributed by atoms with van der Waals surface area (Å²) in [6.45, 7) is 4.78. The second-order valence-corrected chi connectivity index (χ2v) is 10.3. The Bertz CT molecular complexity index is 1460. The highest BCUT2D eigenvalue weighted by atomic mass is 35.5. The van der Waals surface area contributed by atoms with Gasteiger partial charge in [0.1, 0.15) is 15.2 Å². The molecule has 10 heteroatoms. The Kier molecular flexibility index (Phi) is 5.05. The highest BCUT2D eigenvalue weighted by Crippen LogP contribution is 2.33. The Morgan fingerprint density at radius 1 is 1.06 bits per heavy atom. The molecule has 5 heterocycles. The molecule has 33 heavy (non-hydrogen) atoms. The van der Waals surface area contributed by atoms with Gasteiger partial charge in [-0.15, -0.1) is 11.3 Å². The molecule has 1 amide bonds. The van der Waals surface area contributed by atoms with Crippen LogP contribution < -0.4 is 4.90 Å². The number of carbonyl (C=O) groups excluding carboxylic acids is 1. The largest absolute Gasteiger partial charge is 0.344 e. The fourth-order valence-corrected chi connectivity index (χ4v) is 6.41. The molecule has 1 saturated heterocycles. The molecule has 7 nitrogen and oxygen atoms in total.